The fourth-order valence-corrected chi connectivity index (χ4v) is 1.70. The number of nitrogens with two attached hydrogens (primary N) is 1. The molecule has 0 saturated carbocycles. The highest BCUT2D eigenvalue weighted by molar-refractivity contribution is 5.84. The lowest BCUT2D eigenvalue weighted by molar-refractivity contribution is -0.119. The number of amides is 1. The molecule has 1 heterocycles. The van der Waals surface area contributed by atoms with E-state index in [0.717, 1.165) is 32.4 Å². The van der Waals surface area contributed by atoms with Crippen LogP contribution in [0.2, 0.25) is 0 Å². The van der Waals surface area contributed by atoms with Crippen molar-refractivity contribution in [2.24, 2.45) is 10.7 Å². The molecule has 3 N–H and O–H groups in total. The number of carbonyl (C=O) groups is 1. The molecule has 5 heteroatoms. The highest BCUT2D eigenvalue weighted by atomic mass is 16.1. The van der Waals surface area contributed by atoms with Crippen LogP contribution in [-0.4, -0.2) is 42.9 Å². The van der Waals surface area contributed by atoms with Gasteiger partial charge in [0, 0.05) is 19.6 Å². The van der Waals surface area contributed by atoms with Crippen LogP contribution in [0.3, 0.4) is 0 Å². The predicted molar refractivity (Wildman–Crippen MR) is 65.2 cm³/mol. The molecule has 5 nitrogen and oxygen atoms in total. The molecule has 0 aromatic rings. The summed E-state index contributed by atoms with van der Waals surface area (Å²) >= 11 is 0. The number of nitrogens with zero attached hydrogens (tertiary/aromatic N) is 2. The molecule has 0 aliphatic carbocycles. The largest absolute Gasteiger partial charge is 0.370 e. The summed E-state index contributed by atoms with van der Waals surface area (Å²) in [5, 5.41) is 2.77. The number of carbonyl (C=O) groups excluding carboxylic acids is 1. The van der Waals surface area contributed by atoms with Gasteiger partial charge < -0.3 is 16.0 Å². The minimum atomic E-state index is -0.0539. The first-order chi connectivity index (χ1) is 7.74. The van der Waals surface area contributed by atoms with Crippen molar-refractivity contribution < 1.29 is 4.79 Å². The fourth-order valence-electron chi connectivity index (χ4n) is 1.70. The number of guanidine groups is 1. The fraction of sp³-hybridized carbons (Fsp3) is 0.818. The van der Waals surface area contributed by atoms with E-state index in [0.29, 0.717) is 12.5 Å². The Balaban J connectivity index is 2.28. The van der Waals surface area contributed by atoms with E-state index in [9.17, 15) is 4.79 Å². The molecular weight excluding hydrogens is 204 g/mol. The maximum Gasteiger partial charge on any atom is 0.241 e. The van der Waals surface area contributed by atoms with Gasteiger partial charge in [-0.1, -0.05) is 6.92 Å². The third-order valence-electron chi connectivity index (χ3n) is 2.64. The van der Waals surface area contributed by atoms with Crippen LogP contribution < -0.4 is 11.1 Å². The number of nitrogens with one attached hydrogen (secondary N) is 1. The highest BCUT2D eigenvalue weighted by Crippen LogP contribution is 2.07. The van der Waals surface area contributed by atoms with Gasteiger partial charge in [0.2, 0.25) is 5.91 Å². The van der Waals surface area contributed by atoms with Crippen LogP contribution >= 0.6 is 0 Å². The molecule has 1 saturated heterocycles. The molecule has 0 radical (unpaired) electrons. The van der Waals surface area contributed by atoms with Crippen molar-refractivity contribution in [3.05, 3.63) is 0 Å². The van der Waals surface area contributed by atoms with E-state index in [-0.39, 0.29) is 12.5 Å². The first-order valence-corrected chi connectivity index (χ1v) is 6.05. The summed E-state index contributed by atoms with van der Waals surface area (Å²) in [6, 6.07) is 0. The third kappa shape index (κ3) is 4.51. The average molecular weight is 226 g/mol. The summed E-state index contributed by atoms with van der Waals surface area (Å²) < 4.78 is 0. The van der Waals surface area contributed by atoms with Crippen molar-refractivity contribution in [3.8, 4) is 0 Å². The molecule has 92 valence electrons. The van der Waals surface area contributed by atoms with E-state index in [1.54, 1.807) is 0 Å². The number of rotatable bonds is 4. The molecule has 1 amide bonds. The second-order valence-corrected chi connectivity index (χ2v) is 4.07. The minimum absolute atomic E-state index is 0.0539. The maximum atomic E-state index is 11.3. The standard InChI is InChI=1S/C11H22N4O/c1-2-6-13-10(16)9-14-11(12)15-7-4-3-5-8-15/h2-9H2,1H3,(H2,12,14)(H,13,16). The SMILES string of the molecule is CCCNC(=O)CN=C(N)N1CCCCC1. The van der Waals surface area contributed by atoms with Gasteiger partial charge in [0.05, 0.1) is 0 Å². The van der Waals surface area contributed by atoms with Gasteiger partial charge in [-0.15, -0.1) is 0 Å². The smallest absolute Gasteiger partial charge is 0.241 e. The molecule has 0 bridgehead atoms. The number of hydrogen-bond acceptors (Lipinski definition) is 2. The molecule has 16 heavy (non-hydrogen) atoms. The number of hydrogen-bond donors (Lipinski definition) is 2. The molecule has 0 unspecified atom stereocenters. The molecule has 0 spiro atoms. The zero-order chi connectivity index (χ0) is 11.8. The van der Waals surface area contributed by atoms with Crippen LogP contribution in [0.1, 0.15) is 32.6 Å². The van der Waals surface area contributed by atoms with Gasteiger partial charge >= 0.3 is 0 Å². The van der Waals surface area contributed by atoms with Crippen LogP contribution in [0, 0.1) is 0 Å². The summed E-state index contributed by atoms with van der Waals surface area (Å²) in [6.45, 7) is 4.80. The van der Waals surface area contributed by atoms with Crippen LogP contribution in [0.4, 0.5) is 0 Å². The molecule has 0 atom stereocenters. The van der Waals surface area contributed by atoms with Crippen molar-refractivity contribution in [3.63, 3.8) is 0 Å². The summed E-state index contributed by atoms with van der Waals surface area (Å²) in [5.74, 6) is 0.452. The van der Waals surface area contributed by atoms with Gasteiger partial charge in [-0.2, -0.15) is 0 Å². The summed E-state index contributed by atoms with van der Waals surface area (Å²) in [5.41, 5.74) is 5.82. The molecule has 1 rings (SSSR count). The van der Waals surface area contributed by atoms with Crippen molar-refractivity contribution in [1.82, 2.24) is 10.2 Å². The van der Waals surface area contributed by atoms with E-state index in [4.69, 9.17) is 5.73 Å². The summed E-state index contributed by atoms with van der Waals surface area (Å²) in [6.07, 6.45) is 4.54. The van der Waals surface area contributed by atoms with Crippen LogP contribution in [0.15, 0.2) is 4.99 Å². The number of aliphatic imine (C=N–C) groups is 1. The van der Waals surface area contributed by atoms with Gasteiger partial charge in [0.15, 0.2) is 5.96 Å². The monoisotopic (exact) mass is 226 g/mol. The quantitative estimate of drug-likeness (QED) is 0.535. The van der Waals surface area contributed by atoms with E-state index < -0.39 is 0 Å². The minimum Gasteiger partial charge on any atom is -0.370 e. The van der Waals surface area contributed by atoms with Crippen molar-refractivity contribution in [2.75, 3.05) is 26.2 Å². The lowest BCUT2D eigenvalue weighted by atomic mass is 10.1. The van der Waals surface area contributed by atoms with Gasteiger partial charge in [-0.25, -0.2) is 4.99 Å². The van der Waals surface area contributed by atoms with Crippen molar-refractivity contribution in [1.29, 1.82) is 0 Å². The molecule has 1 fully saturated rings. The number of piperidine rings is 1. The zero-order valence-corrected chi connectivity index (χ0v) is 10.0. The molecule has 1 aliphatic heterocycles. The van der Waals surface area contributed by atoms with Crippen molar-refractivity contribution in [2.45, 2.75) is 32.6 Å². The Morgan fingerprint density at radius 2 is 2.06 bits per heavy atom. The molecule has 0 aromatic heterocycles. The Kier molecular flexibility index (Phi) is 5.67. The first-order valence-electron chi connectivity index (χ1n) is 6.05. The van der Waals surface area contributed by atoms with Gasteiger partial charge in [-0.05, 0) is 25.7 Å². The van der Waals surface area contributed by atoms with Crippen LogP contribution in [0.25, 0.3) is 0 Å². The molecule has 0 aromatic carbocycles. The lowest BCUT2D eigenvalue weighted by Crippen LogP contribution is -2.41. The van der Waals surface area contributed by atoms with E-state index in [1.807, 2.05) is 6.92 Å². The Morgan fingerprint density at radius 1 is 1.38 bits per heavy atom. The summed E-state index contributed by atoms with van der Waals surface area (Å²) in [4.78, 5) is 17.5. The van der Waals surface area contributed by atoms with E-state index in [1.165, 1.54) is 6.42 Å². The second-order valence-electron chi connectivity index (χ2n) is 4.07. The normalized spacial score (nSPS) is 17.3. The predicted octanol–water partition coefficient (Wildman–Crippen LogP) is 0.313. The zero-order valence-electron chi connectivity index (χ0n) is 10.0. The average Bonchev–Trinajstić information content (AvgIpc) is 2.34. The Bertz CT molecular complexity index is 246. The maximum absolute atomic E-state index is 11.3. The number of likely N-dealkylation sites (tertiary alicyclic amines) is 1. The van der Waals surface area contributed by atoms with Gasteiger partial charge in [0.25, 0.3) is 0 Å². The van der Waals surface area contributed by atoms with Crippen LogP contribution in [-0.2, 0) is 4.79 Å². The topological polar surface area (TPSA) is 70.7 Å². The molecular formula is C11H22N4O. The van der Waals surface area contributed by atoms with Crippen molar-refractivity contribution >= 4 is 11.9 Å². The highest BCUT2D eigenvalue weighted by Gasteiger charge is 2.11. The second kappa shape index (κ2) is 7.09. The Labute approximate surface area is 97.1 Å². The first kappa shape index (κ1) is 12.8. The van der Waals surface area contributed by atoms with E-state index in [2.05, 4.69) is 15.2 Å². The lowest BCUT2D eigenvalue weighted by Gasteiger charge is -2.27. The summed E-state index contributed by atoms with van der Waals surface area (Å²) in [7, 11) is 0. The Morgan fingerprint density at radius 3 is 2.69 bits per heavy atom. The Hall–Kier alpha value is -1.26. The third-order valence-corrected chi connectivity index (χ3v) is 2.64. The van der Waals surface area contributed by atoms with Gasteiger partial charge in [0.1, 0.15) is 6.54 Å². The molecule has 1 aliphatic rings. The van der Waals surface area contributed by atoms with Gasteiger partial charge in [-0.3, -0.25) is 4.79 Å². The van der Waals surface area contributed by atoms with E-state index >= 15 is 0 Å². The van der Waals surface area contributed by atoms with Crippen LogP contribution in [0.5, 0.6) is 0 Å².